The Labute approximate surface area is 161 Å². The maximum atomic E-state index is 12.1. The van der Waals surface area contributed by atoms with Crippen LogP contribution in [0.15, 0.2) is 42.5 Å². The van der Waals surface area contributed by atoms with Gasteiger partial charge in [-0.2, -0.15) is 0 Å². The van der Waals surface area contributed by atoms with Crippen molar-refractivity contribution in [2.24, 2.45) is 0 Å². The van der Waals surface area contributed by atoms with E-state index in [0.29, 0.717) is 30.9 Å². The topological polar surface area (TPSA) is 50.8 Å². The van der Waals surface area contributed by atoms with E-state index in [-0.39, 0.29) is 5.91 Å². The number of fused-ring (bicyclic) bond motifs is 1. The number of hydrogen-bond donors (Lipinski definition) is 1. The molecule has 0 aliphatic carbocycles. The van der Waals surface area contributed by atoms with Crippen LogP contribution >= 0.6 is 0 Å². The van der Waals surface area contributed by atoms with Crippen molar-refractivity contribution >= 4 is 11.6 Å². The molecule has 1 aliphatic rings. The van der Waals surface area contributed by atoms with Gasteiger partial charge in [-0.3, -0.25) is 4.79 Å². The Morgan fingerprint density at radius 3 is 2.74 bits per heavy atom. The molecule has 0 aromatic heterocycles. The summed E-state index contributed by atoms with van der Waals surface area (Å²) in [6.07, 6.45) is 3.23. The number of anilines is 1. The van der Waals surface area contributed by atoms with Gasteiger partial charge in [0.15, 0.2) is 11.5 Å². The van der Waals surface area contributed by atoms with Gasteiger partial charge in [-0.1, -0.05) is 24.3 Å². The van der Waals surface area contributed by atoms with Gasteiger partial charge in [0, 0.05) is 31.7 Å². The second-order valence-electron chi connectivity index (χ2n) is 6.76. The molecule has 2 aromatic carbocycles. The molecule has 0 spiro atoms. The predicted octanol–water partition coefficient (Wildman–Crippen LogP) is 3.21. The van der Waals surface area contributed by atoms with E-state index >= 15 is 0 Å². The van der Waals surface area contributed by atoms with Crippen molar-refractivity contribution in [3.05, 3.63) is 53.6 Å². The lowest BCUT2D eigenvalue weighted by Gasteiger charge is -2.19. The summed E-state index contributed by atoms with van der Waals surface area (Å²) in [5.41, 5.74) is 3.84. The SMILES string of the molecule is COc1ccc(CCC(=O)NCCCN2CCc3ccccc32)cc1OC. The maximum Gasteiger partial charge on any atom is 0.220 e. The molecule has 5 nitrogen and oxygen atoms in total. The third-order valence-electron chi connectivity index (χ3n) is 5.00. The van der Waals surface area contributed by atoms with Gasteiger partial charge in [-0.25, -0.2) is 0 Å². The largest absolute Gasteiger partial charge is 0.493 e. The van der Waals surface area contributed by atoms with Crippen LogP contribution in [0.5, 0.6) is 11.5 Å². The molecule has 0 atom stereocenters. The van der Waals surface area contributed by atoms with Gasteiger partial charge in [0.05, 0.1) is 14.2 Å². The number of aryl methyl sites for hydroxylation is 1. The fraction of sp³-hybridized carbons (Fsp3) is 0.409. The van der Waals surface area contributed by atoms with Crippen molar-refractivity contribution in [1.29, 1.82) is 0 Å². The molecule has 144 valence electrons. The second-order valence-corrected chi connectivity index (χ2v) is 6.76. The lowest BCUT2D eigenvalue weighted by atomic mass is 10.1. The van der Waals surface area contributed by atoms with Gasteiger partial charge in [-0.15, -0.1) is 0 Å². The van der Waals surface area contributed by atoms with Crippen molar-refractivity contribution in [3.63, 3.8) is 0 Å². The number of para-hydroxylation sites is 1. The predicted molar refractivity (Wildman–Crippen MR) is 108 cm³/mol. The molecule has 0 saturated carbocycles. The molecule has 0 fully saturated rings. The number of amides is 1. The smallest absolute Gasteiger partial charge is 0.220 e. The summed E-state index contributed by atoms with van der Waals surface area (Å²) < 4.78 is 10.5. The molecule has 1 amide bonds. The Morgan fingerprint density at radius 2 is 1.93 bits per heavy atom. The van der Waals surface area contributed by atoms with E-state index < -0.39 is 0 Å². The lowest BCUT2D eigenvalue weighted by Crippen LogP contribution is -2.29. The second kappa shape index (κ2) is 9.31. The van der Waals surface area contributed by atoms with E-state index in [1.807, 2.05) is 18.2 Å². The van der Waals surface area contributed by atoms with E-state index in [0.717, 1.165) is 31.5 Å². The van der Waals surface area contributed by atoms with Crippen LogP contribution in [0.4, 0.5) is 5.69 Å². The van der Waals surface area contributed by atoms with E-state index in [9.17, 15) is 4.79 Å². The summed E-state index contributed by atoms with van der Waals surface area (Å²) in [6.45, 7) is 2.77. The Bertz CT molecular complexity index is 776. The first-order chi connectivity index (χ1) is 13.2. The summed E-state index contributed by atoms with van der Waals surface area (Å²) in [5, 5.41) is 3.03. The van der Waals surface area contributed by atoms with E-state index in [1.165, 1.54) is 11.3 Å². The van der Waals surface area contributed by atoms with E-state index in [4.69, 9.17) is 9.47 Å². The quantitative estimate of drug-likeness (QED) is 0.691. The Kier molecular flexibility index (Phi) is 6.58. The molecule has 0 bridgehead atoms. The highest BCUT2D eigenvalue weighted by atomic mass is 16.5. The Morgan fingerprint density at radius 1 is 1.11 bits per heavy atom. The van der Waals surface area contributed by atoms with Gasteiger partial charge < -0.3 is 19.7 Å². The van der Waals surface area contributed by atoms with Crippen LogP contribution in [0.3, 0.4) is 0 Å². The first-order valence-corrected chi connectivity index (χ1v) is 9.51. The van der Waals surface area contributed by atoms with Crippen molar-refractivity contribution in [1.82, 2.24) is 5.32 Å². The van der Waals surface area contributed by atoms with Crippen molar-refractivity contribution < 1.29 is 14.3 Å². The summed E-state index contributed by atoms with van der Waals surface area (Å²) in [7, 11) is 3.23. The minimum absolute atomic E-state index is 0.0895. The van der Waals surface area contributed by atoms with Crippen LogP contribution in [-0.2, 0) is 17.6 Å². The van der Waals surface area contributed by atoms with Gasteiger partial charge in [0.1, 0.15) is 0 Å². The monoisotopic (exact) mass is 368 g/mol. The zero-order chi connectivity index (χ0) is 19.1. The number of methoxy groups -OCH3 is 2. The molecule has 0 saturated heterocycles. The molecular formula is C22H28N2O3. The first kappa shape index (κ1) is 19.1. The Balaban J connectivity index is 1.37. The highest BCUT2D eigenvalue weighted by Crippen LogP contribution is 2.28. The van der Waals surface area contributed by atoms with Gasteiger partial charge in [-0.05, 0) is 48.6 Å². The van der Waals surface area contributed by atoms with Crippen LogP contribution in [-0.4, -0.2) is 39.8 Å². The van der Waals surface area contributed by atoms with Gasteiger partial charge in [0.2, 0.25) is 5.91 Å². The number of nitrogens with zero attached hydrogens (tertiary/aromatic N) is 1. The van der Waals surface area contributed by atoms with Crippen LogP contribution in [0.25, 0.3) is 0 Å². The van der Waals surface area contributed by atoms with Crippen LogP contribution in [0, 0.1) is 0 Å². The minimum Gasteiger partial charge on any atom is -0.493 e. The molecular weight excluding hydrogens is 340 g/mol. The number of carbonyl (C=O) groups excluding carboxylic acids is 1. The minimum atomic E-state index is 0.0895. The molecule has 5 heteroatoms. The zero-order valence-electron chi connectivity index (χ0n) is 16.2. The van der Waals surface area contributed by atoms with Crippen molar-refractivity contribution in [3.8, 4) is 11.5 Å². The number of hydrogen-bond acceptors (Lipinski definition) is 4. The fourth-order valence-corrected chi connectivity index (χ4v) is 3.52. The van der Waals surface area contributed by atoms with Crippen LogP contribution in [0.1, 0.15) is 24.0 Å². The summed E-state index contributed by atoms with van der Waals surface area (Å²) in [6, 6.07) is 14.3. The third kappa shape index (κ3) is 4.94. The molecule has 2 aromatic rings. The lowest BCUT2D eigenvalue weighted by molar-refractivity contribution is -0.121. The molecule has 0 unspecified atom stereocenters. The highest BCUT2D eigenvalue weighted by molar-refractivity contribution is 5.76. The van der Waals surface area contributed by atoms with E-state index in [1.54, 1.807) is 14.2 Å². The molecule has 27 heavy (non-hydrogen) atoms. The maximum absolute atomic E-state index is 12.1. The number of benzene rings is 2. The summed E-state index contributed by atoms with van der Waals surface area (Å²) in [5.74, 6) is 1.49. The van der Waals surface area contributed by atoms with Crippen LogP contribution in [0.2, 0.25) is 0 Å². The molecule has 3 rings (SSSR count). The standard InChI is InChI=1S/C22H28N2O3/c1-26-20-10-8-17(16-21(20)27-2)9-11-22(25)23-13-5-14-24-15-12-18-6-3-4-7-19(18)24/h3-4,6-8,10,16H,5,9,11-15H2,1-2H3,(H,23,25). The number of ether oxygens (including phenoxy) is 2. The number of rotatable bonds is 9. The zero-order valence-corrected chi connectivity index (χ0v) is 16.2. The van der Waals surface area contributed by atoms with Crippen molar-refractivity contribution in [2.75, 3.05) is 38.8 Å². The molecule has 1 N–H and O–H groups in total. The first-order valence-electron chi connectivity index (χ1n) is 9.51. The average molecular weight is 368 g/mol. The fourth-order valence-electron chi connectivity index (χ4n) is 3.52. The van der Waals surface area contributed by atoms with Gasteiger partial charge in [0.25, 0.3) is 0 Å². The van der Waals surface area contributed by atoms with Gasteiger partial charge >= 0.3 is 0 Å². The normalized spacial score (nSPS) is 12.6. The summed E-state index contributed by atoms with van der Waals surface area (Å²) in [4.78, 5) is 14.5. The van der Waals surface area contributed by atoms with Crippen LogP contribution < -0.4 is 19.7 Å². The average Bonchev–Trinajstić information content (AvgIpc) is 3.12. The molecule has 1 aliphatic heterocycles. The summed E-state index contributed by atoms with van der Waals surface area (Å²) >= 11 is 0. The van der Waals surface area contributed by atoms with E-state index in [2.05, 4.69) is 34.5 Å². The molecule has 0 radical (unpaired) electrons. The molecule has 1 heterocycles. The van der Waals surface area contributed by atoms with Crippen molar-refractivity contribution in [2.45, 2.75) is 25.7 Å². The third-order valence-corrected chi connectivity index (χ3v) is 5.00. The highest BCUT2D eigenvalue weighted by Gasteiger charge is 2.17. The number of carbonyl (C=O) groups is 1. The Hall–Kier alpha value is -2.69. The number of nitrogens with one attached hydrogen (secondary N) is 1.